The van der Waals surface area contributed by atoms with E-state index in [0.717, 1.165) is 69.7 Å². The zero-order chi connectivity index (χ0) is 26.7. The maximum Gasteiger partial charge on any atom is 0.335 e. The first-order valence-corrected chi connectivity index (χ1v) is 14.0. The molecule has 204 valence electrons. The summed E-state index contributed by atoms with van der Waals surface area (Å²) in [5, 5.41) is 10.3. The van der Waals surface area contributed by atoms with E-state index in [1.165, 1.54) is 41.3 Å². The summed E-state index contributed by atoms with van der Waals surface area (Å²) in [6.07, 6.45) is 15.7. The van der Waals surface area contributed by atoms with Gasteiger partial charge in [0.1, 0.15) is 5.75 Å². The van der Waals surface area contributed by atoms with Crippen LogP contribution >= 0.6 is 0 Å². The van der Waals surface area contributed by atoms with E-state index < -0.39 is 5.97 Å². The van der Waals surface area contributed by atoms with Crippen molar-refractivity contribution in [3.05, 3.63) is 70.9 Å². The van der Waals surface area contributed by atoms with Crippen molar-refractivity contribution in [1.29, 1.82) is 0 Å². The van der Waals surface area contributed by atoms with Gasteiger partial charge in [0.2, 0.25) is 0 Å². The molecular weight excluding hydrogens is 476 g/mol. The molecule has 0 aliphatic carbocycles. The van der Waals surface area contributed by atoms with Crippen molar-refractivity contribution in [3.63, 3.8) is 0 Å². The molecule has 6 heteroatoms. The number of benzene rings is 2. The Bertz CT molecular complexity index is 1210. The van der Waals surface area contributed by atoms with Crippen LogP contribution in [0, 0.1) is 6.92 Å². The maximum atomic E-state index is 11.1. The molecule has 38 heavy (non-hydrogen) atoms. The molecule has 0 atom stereocenters. The summed E-state index contributed by atoms with van der Waals surface area (Å²) in [7, 11) is 1.76. The van der Waals surface area contributed by atoms with Gasteiger partial charge in [-0.25, -0.2) is 4.79 Å². The number of allylic oxidation sites excluding steroid dienone is 1. The molecule has 0 bridgehead atoms. The van der Waals surface area contributed by atoms with Crippen molar-refractivity contribution in [1.82, 2.24) is 9.88 Å². The largest absolute Gasteiger partial charge is 0.496 e. The van der Waals surface area contributed by atoms with Crippen LogP contribution in [0.15, 0.2) is 48.7 Å². The molecule has 0 saturated carbocycles. The highest BCUT2D eigenvalue weighted by Crippen LogP contribution is 2.32. The lowest BCUT2D eigenvalue weighted by atomic mass is 10.0. The Morgan fingerprint density at radius 1 is 1.11 bits per heavy atom. The lowest BCUT2D eigenvalue weighted by molar-refractivity contribution is 0.00423. The van der Waals surface area contributed by atoms with E-state index in [4.69, 9.17) is 14.6 Å². The Labute approximate surface area is 226 Å². The molecule has 2 heterocycles. The summed E-state index contributed by atoms with van der Waals surface area (Å²) in [6, 6.07) is 11.4. The molecule has 0 amide bonds. The SMILES string of the molecule is COc1cc(C)c2[nH]ccc2c1CN1CCC(OCCCCCCC/C=C/c2cccc(C(=O)O)c2)CC1. The molecular formula is C32H42N2O4. The van der Waals surface area contributed by atoms with Crippen molar-refractivity contribution in [2.24, 2.45) is 0 Å². The number of carbonyl (C=O) groups is 1. The number of likely N-dealkylation sites (tertiary alicyclic amines) is 1. The van der Waals surface area contributed by atoms with Gasteiger partial charge in [-0.2, -0.15) is 0 Å². The second-order valence-electron chi connectivity index (χ2n) is 10.4. The van der Waals surface area contributed by atoms with Gasteiger partial charge in [-0.05, 0) is 74.4 Å². The minimum absolute atomic E-state index is 0.334. The molecule has 1 saturated heterocycles. The Kier molecular flexibility index (Phi) is 10.4. The van der Waals surface area contributed by atoms with Crippen LogP contribution in [0.4, 0.5) is 0 Å². The summed E-state index contributed by atoms with van der Waals surface area (Å²) < 4.78 is 11.9. The number of carboxylic acid groups (broad SMARTS) is 1. The first-order valence-electron chi connectivity index (χ1n) is 14.0. The number of carboxylic acids is 1. The van der Waals surface area contributed by atoms with Gasteiger partial charge in [-0.1, -0.05) is 43.5 Å². The molecule has 4 rings (SSSR count). The van der Waals surface area contributed by atoms with Gasteiger partial charge in [0.25, 0.3) is 0 Å². The number of H-pyrrole nitrogens is 1. The second-order valence-corrected chi connectivity index (χ2v) is 10.4. The van der Waals surface area contributed by atoms with E-state index in [2.05, 4.69) is 35.0 Å². The minimum atomic E-state index is -0.882. The number of hydrogen-bond acceptors (Lipinski definition) is 4. The number of fused-ring (bicyclic) bond motifs is 1. The van der Waals surface area contributed by atoms with Crippen LogP contribution in [-0.2, 0) is 11.3 Å². The second kappa shape index (κ2) is 14.2. The normalized spacial score (nSPS) is 15.0. The summed E-state index contributed by atoms with van der Waals surface area (Å²) in [5.41, 5.74) is 4.98. The molecule has 0 radical (unpaired) electrons. The number of aromatic amines is 1. The number of aromatic nitrogens is 1. The highest BCUT2D eigenvalue weighted by molar-refractivity contribution is 5.88. The highest BCUT2D eigenvalue weighted by Gasteiger charge is 2.22. The molecule has 1 aromatic heterocycles. The first kappa shape index (κ1) is 27.9. The number of hydrogen-bond donors (Lipinski definition) is 2. The third kappa shape index (κ3) is 7.71. The summed E-state index contributed by atoms with van der Waals surface area (Å²) in [5.74, 6) is 0.0989. The average molecular weight is 519 g/mol. The fraction of sp³-hybridized carbons (Fsp3) is 0.469. The van der Waals surface area contributed by atoms with Gasteiger partial charge < -0.3 is 19.6 Å². The monoisotopic (exact) mass is 518 g/mol. The van der Waals surface area contributed by atoms with Crippen LogP contribution in [0.5, 0.6) is 5.75 Å². The molecule has 6 nitrogen and oxygen atoms in total. The van der Waals surface area contributed by atoms with Crippen LogP contribution in [-0.4, -0.2) is 53.9 Å². The number of nitrogens with zero attached hydrogens (tertiary/aromatic N) is 1. The molecule has 0 spiro atoms. The van der Waals surface area contributed by atoms with Crippen molar-refractivity contribution in [3.8, 4) is 5.75 Å². The summed E-state index contributed by atoms with van der Waals surface area (Å²) >= 11 is 0. The molecule has 1 fully saturated rings. The lowest BCUT2D eigenvalue weighted by Gasteiger charge is -2.32. The Balaban J connectivity index is 1.06. The fourth-order valence-electron chi connectivity index (χ4n) is 5.38. The van der Waals surface area contributed by atoms with Crippen LogP contribution in [0.3, 0.4) is 0 Å². The number of rotatable bonds is 14. The van der Waals surface area contributed by atoms with Crippen LogP contribution in [0.2, 0.25) is 0 Å². The molecule has 1 aliphatic heterocycles. The van der Waals surface area contributed by atoms with E-state index in [1.54, 1.807) is 25.3 Å². The zero-order valence-electron chi connectivity index (χ0n) is 22.9. The van der Waals surface area contributed by atoms with Crippen LogP contribution < -0.4 is 4.74 Å². The Morgan fingerprint density at radius 2 is 1.89 bits per heavy atom. The van der Waals surface area contributed by atoms with Gasteiger partial charge in [-0.3, -0.25) is 4.90 Å². The van der Waals surface area contributed by atoms with Gasteiger partial charge in [-0.15, -0.1) is 0 Å². The number of ether oxygens (including phenoxy) is 2. The van der Waals surface area contributed by atoms with Gasteiger partial charge in [0.05, 0.1) is 18.8 Å². The Morgan fingerprint density at radius 3 is 2.68 bits per heavy atom. The number of piperidine rings is 1. The predicted octanol–water partition coefficient (Wildman–Crippen LogP) is 7.22. The topological polar surface area (TPSA) is 74.8 Å². The minimum Gasteiger partial charge on any atom is -0.496 e. The van der Waals surface area contributed by atoms with Crippen LogP contribution in [0.1, 0.15) is 78.4 Å². The highest BCUT2D eigenvalue weighted by atomic mass is 16.5. The predicted molar refractivity (Wildman–Crippen MR) is 154 cm³/mol. The molecule has 2 aromatic carbocycles. The quantitative estimate of drug-likeness (QED) is 0.220. The number of aromatic carboxylic acids is 1. The molecule has 0 unspecified atom stereocenters. The Hall–Kier alpha value is -3.09. The van der Waals surface area contributed by atoms with Crippen molar-refractivity contribution in [2.45, 2.75) is 70.9 Å². The zero-order valence-corrected chi connectivity index (χ0v) is 22.9. The third-order valence-corrected chi connectivity index (χ3v) is 7.56. The van der Waals surface area contributed by atoms with Gasteiger partial charge in [0, 0.05) is 48.9 Å². The van der Waals surface area contributed by atoms with E-state index >= 15 is 0 Å². The van der Waals surface area contributed by atoms with E-state index in [1.807, 2.05) is 18.3 Å². The summed E-state index contributed by atoms with van der Waals surface area (Å²) in [6.45, 7) is 6.01. The number of aryl methyl sites for hydroxylation is 1. The first-order chi connectivity index (χ1) is 18.5. The fourth-order valence-corrected chi connectivity index (χ4v) is 5.38. The molecule has 1 aliphatic rings. The standard InChI is InChI=1S/C32H42N2O4/c1-24-21-30(37-2)29(28-14-17-33-31(24)28)23-34-18-15-27(16-19-34)38-20-9-7-5-3-4-6-8-11-25-12-10-13-26(22-25)32(35)36/h8,10-14,17,21-22,27,33H,3-7,9,15-16,18-20,23H2,1-2H3,(H,35,36)/b11-8+. The van der Waals surface area contributed by atoms with E-state index in [0.29, 0.717) is 11.7 Å². The lowest BCUT2D eigenvalue weighted by Crippen LogP contribution is -2.36. The molecule has 2 N–H and O–H groups in total. The summed E-state index contributed by atoms with van der Waals surface area (Å²) in [4.78, 5) is 17.0. The third-order valence-electron chi connectivity index (χ3n) is 7.56. The van der Waals surface area contributed by atoms with Crippen molar-refractivity contribution < 1.29 is 19.4 Å². The average Bonchev–Trinajstić information content (AvgIpc) is 3.43. The smallest absolute Gasteiger partial charge is 0.335 e. The number of nitrogens with one attached hydrogen (secondary N) is 1. The van der Waals surface area contributed by atoms with E-state index in [-0.39, 0.29) is 0 Å². The maximum absolute atomic E-state index is 11.1. The van der Waals surface area contributed by atoms with Gasteiger partial charge in [0.15, 0.2) is 0 Å². The van der Waals surface area contributed by atoms with E-state index in [9.17, 15) is 4.79 Å². The van der Waals surface area contributed by atoms with Crippen LogP contribution in [0.25, 0.3) is 17.0 Å². The molecule has 3 aromatic rings. The van der Waals surface area contributed by atoms with Crippen molar-refractivity contribution in [2.75, 3.05) is 26.8 Å². The number of methoxy groups -OCH3 is 1. The van der Waals surface area contributed by atoms with Crippen molar-refractivity contribution >= 4 is 22.9 Å². The number of unbranched alkanes of at least 4 members (excludes halogenated alkanes) is 5. The van der Waals surface area contributed by atoms with Gasteiger partial charge >= 0.3 is 5.97 Å².